The molecule has 0 aromatic heterocycles. The van der Waals surface area contributed by atoms with Gasteiger partial charge in [-0.25, -0.2) is 4.99 Å². The topological polar surface area (TPSA) is 68.2 Å². The lowest BCUT2D eigenvalue weighted by atomic mass is 10.00. The fourth-order valence-electron chi connectivity index (χ4n) is 2.64. The van der Waals surface area contributed by atoms with Crippen LogP contribution in [0.3, 0.4) is 0 Å². The average molecular weight is 499 g/mol. The second-order valence-corrected chi connectivity index (χ2v) is 6.86. The molecule has 0 spiro atoms. The van der Waals surface area contributed by atoms with Crippen LogP contribution in [0.1, 0.15) is 12.0 Å². The van der Waals surface area contributed by atoms with Crippen molar-refractivity contribution in [2.75, 3.05) is 54.4 Å². The quantitative estimate of drug-likeness (QED) is 0.379. The van der Waals surface area contributed by atoms with Crippen LogP contribution in [-0.2, 0) is 9.59 Å². The van der Waals surface area contributed by atoms with E-state index < -0.39 is 0 Å². The van der Waals surface area contributed by atoms with Gasteiger partial charge in [-0.15, -0.1) is 24.0 Å². The number of amides is 2. The van der Waals surface area contributed by atoms with Gasteiger partial charge in [0.15, 0.2) is 5.96 Å². The maximum absolute atomic E-state index is 11.9. The molecule has 2 rings (SSSR count). The van der Waals surface area contributed by atoms with E-state index in [1.54, 1.807) is 28.2 Å². The first-order valence-corrected chi connectivity index (χ1v) is 9.06. The molecular formula is C20H30IN5O2. The highest BCUT2D eigenvalue weighted by molar-refractivity contribution is 14.0. The van der Waals surface area contributed by atoms with Crippen molar-refractivity contribution in [1.29, 1.82) is 0 Å². The molecule has 0 saturated heterocycles. The fraction of sp³-hybridized carbons (Fsp3) is 0.450. The van der Waals surface area contributed by atoms with Gasteiger partial charge < -0.3 is 20.0 Å². The van der Waals surface area contributed by atoms with Crippen molar-refractivity contribution in [3.05, 3.63) is 42.0 Å². The molecule has 0 bridgehead atoms. The first-order valence-electron chi connectivity index (χ1n) is 9.06. The molecule has 0 radical (unpaired) electrons. The molecule has 8 heteroatoms. The van der Waals surface area contributed by atoms with Crippen LogP contribution in [0.15, 0.2) is 41.4 Å². The lowest BCUT2D eigenvalue weighted by Gasteiger charge is -2.30. The van der Waals surface area contributed by atoms with Crippen LogP contribution in [0.2, 0.25) is 0 Å². The number of guanidine groups is 1. The van der Waals surface area contributed by atoms with Crippen molar-refractivity contribution in [2.45, 2.75) is 6.42 Å². The minimum Gasteiger partial charge on any atom is -0.347 e. The summed E-state index contributed by atoms with van der Waals surface area (Å²) in [6, 6.07) is 10.3. The first-order chi connectivity index (χ1) is 12.9. The van der Waals surface area contributed by atoms with Gasteiger partial charge in [-0.3, -0.25) is 9.59 Å². The summed E-state index contributed by atoms with van der Waals surface area (Å²) in [4.78, 5) is 33.4. The Balaban J connectivity index is 0.00000392. The van der Waals surface area contributed by atoms with Crippen LogP contribution in [0.5, 0.6) is 0 Å². The monoisotopic (exact) mass is 499 g/mol. The molecule has 1 N–H and O–H groups in total. The van der Waals surface area contributed by atoms with E-state index in [-0.39, 0.29) is 48.9 Å². The van der Waals surface area contributed by atoms with E-state index in [4.69, 9.17) is 0 Å². The number of carbonyl (C=O) groups is 2. The summed E-state index contributed by atoms with van der Waals surface area (Å²) in [6.07, 6.45) is 3.06. The van der Waals surface area contributed by atoms with Crippen LogP contribution in [0.4, 0.5) is 0 Å². The second-order valence-electron chi connectivity index (χ2n) is 6.86. The van der Waals surface area contributed by atoms with Crippen molar-refractivity contribution in [1.82, 2.24) is 20.0 Å². The summed E-state index contributed by atoms with van der Waals surface area (Å²) >= 11 is 0. The Bertz CT molecular complexity index is 717. The second kappa shape index (κ2) is 11.7. The molecule has 1 aromatic carbocycles. The minimum absolute atomic E-state index is 0. The molecule has 1 heterocycles. The van der Waals surface area contributed by atoms with E-state index in [2.05, 4.69) is 33.4 Å². The molecule has 0 fully saturated rings. The lowest BCUT2D eigenvalue weighted by Crippen LogP contribution is -2.47. The maximum atomic E-state index is 11.9. The van der Waals surface area contributed by atoms with E-state index in [0.29, 0.717) is 12.5 Å². The molecule has 1 aliphatic rings. The smallest absolute Gasteiger partial charge is 0.243 e. The lowest BCUT2D eigenvalue weighted by molar-refractivity contribution is -0.127. The van der Waals surface area contributed by atoms with Crippen molar-refractivity contribution in [3.63, 3.8) is 0 Å². The number of carbonyl (C=O) groups excluding carboxylic acids is 2. The Labute approximate surface area is 184 Å². The molecular weight excluding hydrogens is 469 g/mol. The average Bonchev–Trinajstić information content (AvgIpc) is 2.68. The van der Waals surface area contributed by atoms with Gasteiger partial charge in [0.2, 0.25) is 11.8 Å². The highest BCUT2D eigenvalue weighted by Crippen LogP contribution is 2.21. The van der Waals surface area contributed by atoms with Crippen molar-refractivity contribution < 1.29 is 9.59 Å². The Morgan fingerprint density at radius 2 is 1.71 bits per heavy atom. The number of likely N-dealkylation sites (N-methyl/N-ethyl adjacent to an activating group) is 2. The Morgan fingerprint density at radius 3 is 2.25 bits per heavy atom. The summed E-state index contributed by atoms with van der Waals surface area (Å²) in [5, 5.41) is 3.10. The number of hydrogen-bond acceptors (Lipinski definition) is 3. The van der Waals surface area contributed by atoms with Gasteiger partial charge >= 0.3 is 0 Å². The largest absolute Gasteiger partial charge is 0.347 e. The molecule has 1 aliphatic heterocycles. The Hall–Kier alpha value is -2.10. The van der Waals surface area contributed by atoms with Gasteiger partial charge in [0.05, 0.1) is 6.54 Å². The number of nitrogens with one attached hydrogen (secondary N) is 1. The van der Waals surface area contributed by atoms with E-state index in [1.165, 1.54) is 20.9 Å². The zero-order chi connectivity index (χ0) is 19.8. The molecule has 0 aliphatic carbocycles. The van der Waals surface area contributed by atoms with Crippen LogP contribution >= 0.6 is 24.0 Å². The van der Waals surface area contributed by atoms with Crippen molar-refractivity contribution in [2.24, 2.45) is 4.99 Å². The summed E-state index contributed by atoms with van der Waals surface area (Å²) in [5.74, 6) is 0.466. The molecule has 1 aromatic rings. The number of rotatable bonds is 5. The molecule has 0 saturated carbocycles. The number of benzene rings is 1. The van der Waals surface area contributed by atoms with Crippen LogP contribution < -0.4 is 5.32 Å². The van der Waals surface area contributed by atoms with Gasteiger partial charge in [-0.2, -0.15) is 0 Å². The minimum atomic E-state index is -0.0780. The number of nitrogens with zero attached hydrogens (tertiary/aromatic N) is 4. The summed E-state index contributed by atoms with van der Waals surface area (Å²) in [5.41, 5.74) is 2.54. The summed E-state index contributed by atoms with van der Waals surface area (Å²) in [6.45, 7) is 1.66. The van der Waals surface area contributed by atoms with Crippen LogP contribution in [0.25, 0.3) is 5.57 Å². The normalized spacial score (nSPS) is 13.9. The Morgan fingerprint density at radius 1 is 1.07 bits per heavy atom. The van der Waals surface area contributed by atoms with Crippen molar-refractivity contribution >= 4 is 47.3 Å². The third kappa shape index (κ3) is 7.14. The van der Waals surface area contributed by atoms with Gasteiger partial charge in [-0.1, -0.05) is 36.4 Å². The van der Waals surface area contributed by atoms with E-state index >= 15 is 0 Å². The first kappa shape index (κ1) is 23.9. The molecule has 0 atom stereocenters. The third-order valence-corrected chi connectivity index (χ3v) is 4.41. The predicted molar refractivity (Wildman–Crippen MR) is 124 cm³/mol. The number of halogens is 1. The highest BCUT2D eigenvalue weighted by Gasteiger charge is 2.18. The summed E-state index contributed by atoms with van der Waals surface area (Å²) < 4.78 is 0. The van der Waals surface area contributed by atoms with E-state index in [1.807, 2.05) is 18.2 Å². The standard InChI is InChI=1S/C20H29N5O2.HI/c1-23(2)18(26)14-21-20(22-15-19(27)24(3)4)25-12-10-17(11-13-25)16-8-6-5-7-9-16;/h5-10H,11-15H2,1-4H3,(H,21,22);1H. The van der Waals surface area contributed by atoms with Gasteiger partial charge in [-0.05, 0) is 17.6 Å². The highest BCUT2D eigenvalue weighted by atomic mass is 127. The zero-order valence-electron chi connectivity index (χ0n) is 17.0. The molecule has 28 heavy (non-hydrogen) atoms. The maximum Gasteiger partial charge on any atom is 0.243 e. The Kier molecular flexibility index (Phi) is 9.98. The van der Waals surface area contributed by atoms with Crippen LogP contribution in [0, 0.1) is 0 Å². The molecule has 2 amide bonds. The molecule has 154 valence electrons. The fourth-order valence-corrected chi connectivity index (χ4v) is 2.64. The van der Waals surface area contributed by atoms with E-state index in [0.717, 1.165) is 13.0 Å². The molecule has 7 nitrogen and oxygen atoms in total. The van der Waals surface area contributed by atoms with Crippen LogP contribution in [-0.4, -0.2) is 86.8 Å². The van der Waals surface area contributed by atoms with Gasteiger partial charge in [0.25, 0.3) is 0 Å². The summed E-state index contributed by atoms with van der Waals surface area (Å²) in [7, 11) is 6.84. The third-order valence-electron chi connectivity index (χ3n) is 4.41. The number of aliphatic imine (C=N–C) groups is 1. The number of hydrogen-bond donors (Lipinski definition) is 1. The zero-order valence-corrected chi connectivity index (χ0v) is 19.3. The van der Waals surface area contributed by atoms with Gasteiger partial charge in [0.1, 0.15) is 6.54 Å². The van der Waals surface area contributed by atoms with Crippen molar-refractivity contribution in [3.8, 4) is 0 Å². The SMILES string of the molecule is CN(C)C(=O)CN=C(NCC(=O)N(C)C)N1CC=C(c2ccccc2)CC1.I. The molecule has 0 unspecified atom stereocenters. The predicted octanol–water partition coefficient (Wildman–Crippen LogP) is 1.52. The van der Waals surface area contributed by atoms with Gasteiger partial charge in [0, 0.05) is 41.3 Å². The van der Waals surface area contributed by atoms with E-state index in [9.17, 15) is 9.59 Å².